The maximum absolute atomic E-state index is 11.9. The third kappa shape index (κ3) is 19.2. The van der Waals surface area contributed by atoms with E-state index in [2.05, 4.69) is 47.2 Å². The number of carbonyl (C=O) groups is 1. The summed E-state index contributed by atoms with van der Waals surface area (Å²) >= 11 is 0. The molecular weight excluding hydrogens is 356 g/mol. The quantitative estimate of drug-likeness (QED) is 0.170. The number of quaternary nitrogens is 1. The Kier molecular flexibility index (Phi) is 17.9. The molecule has 0 bridgehead atoms. The molecule has 174 valence electrons. The zero-order chi connectivity index (χ0) is 22.0. The molecule has 2 atom stereocenters. The van der Waals surface area contributed by atoms with E-state index < -0.39 is 0 Å². The van der Waals surface area contributed by atoms with Crippen LogP contribution in [0.25, 0.3) is 0 Å². The Morgan fingerprint density at radius 3 is 1.90 bits per heavy atom. The van der Waals surface area contributed by atoms with Crippen LogP contribution < -0.4 is 5.32 Å². The van der Waals surface area contributed by atoms with Gasteiger partial charge in [0.1, 0.15) is 0 Å². The first-order valence-electron chi connectivity index (χ1n) is 12.9. The van der Waals surface area contributed by atoms with Gasteiger partial charge in [-0.05, 0) is 18.3 Å². The van der Waals surface area contributed by atoms with Crippen LogP contribution in [-0.4, -0.2) is 44.6 Å². The molecule has 3 heteroatoms. The van der Waals surface area contributed by atoms with Gasteiger partial charge in [0.25, 0.3) is 0 Å². The van der Waals surface area contributed by atoms with Crippen molar-refractivity contribution in [3.05, 3.63) is 0 Å². The number of carbonyl (C=O) groups excluding carboxylic acids is 1. The number of unbranched alkanes of at least 4 members (excludes halogenated alkanes) is 8. The van der Waals surface area contributed by atoms with Crippen molar-refractivity contribution in [1.82, 2.24) is 5.32 Å². The Balaban J connectivity index is 3.62. The fraction of sp³-hybridized carbons (Fsp3) is 0.962. The van der Waals surface area contributed by atoms with Gasteiger partial charge in [0.15, 0.2) is 0 Å². The molecule has 0 aromatic rings. The predicted octanol–water partition coefficient (Wildman–Crippen LogP) is 6.95. The largest absolute Gasteiger partial charge is 0.356 e. The molecule has 0 saturated heterocycles. The maximum atomic E-state index is 11.9. The molecule has 0 aliphatic heterocycles. The molecule has 2 unspecified atom stereocenters. The zero-order valence-corrected chi connectivity index (χ0v) is 21.0. The minimum atomic E-state index is 0.242. The summed E-state index contributed by atoms with van der Waals surface area (Å²) in [4.78, 5) is 11.9. The fourth-order valence-electron chi connectivity index (χ4n) is 4.15. The highest BCUT2D eigenvalue weighted by molar-refractivity contribution is 5.75. The molecule has 0 spiro atoms. The molecule has 1 amide bonds. The molecule has 0 aliphatic carbocycles. The topological polar surface area (TPSA) is 29.1 Å². The molecular formula is C26H55N2O+. The van der Waals surface area contributed by atoms with Gasteiger partial charge in [-0.25, -0.2) is 0 Å². The van der Waals surface area contributed by atoms with Gasteiger partial charge in [-0.3, -0.25) is 4.79 Å². The van der Waals surface area contributed by atoms with E-state index in [0.29, 0.717) is 6.42 Å². The lowest BCUT2D eigenvalue weighted by Gasteiger charge is -2.23. The lowest BCUT2D eigenvalue weighted by Crippen LogP contribution is -2.37. The molecule has 0 rings (SSSR count). The summed E-state index contributed by atoms with van der Waals surface area (Å²) in [6.45, 7) is 9.04. The van der Waals surface area contributed by atoms with E-state index in [-0.39, 0.29) is 5.91 Å². The Hall–Kier alpha value is -0.570. The molecule has 0 saturated carbocycles. The van der Waals surface area contributed by atoms with E-state index in [9.17, 15) is 4.79 Å². The van der Waals surface area contributed by atoms with Gasteiger partial charge in [0.2, 0.25) is 5.91 Å². The van der Waals surface area contributed by atoms with Gasteiger partial charge in [-0.1, -0.05) is 97.8 Å². The highest BCUT2D eigenvalue weighted by Gasteiger charge is 2.15. The summed E-state index contributed by atoms with van der Waals surface area (Å²) in [6.07, 6.45) is 19.2. The smallest absolute Gasteiger partial charge is 0.219 e. The first-order valence-corrected chi connectivity index (χ1v) is 12.9. The molecule has 0 fully saturated rings. The molecule has 0 aliphatic rings. The van der Waals surface area contributed by atoms with E-state index in [1.807, 2.05) is 0 Å². The van der Waals surface area contributed by atoms with E-state index in [1.54, 1.807) is 0 Å². The Morgan fingerprint density at radius 2 is 1.34 bits per heavy atom. The van der Waals surface area contributed by atoms with Crippen LogP contribution in [-0.2, 0) is 4.79 Å². The van der Waals surface area contributed by atoms with Crippen LogP contribution in [0.5, 0.6) is 0 Å². The highest BCUT2D eigenvalue weighted by Crippen LogP contribution is 2.27. The minimum absolute atomic E-state index is 0.242. The summed E-state index contributed by atoms with van der Waals surface area (Å²) in [5, 5.41) is 3.07. The van der Waals surface area contributed by atoms with Gasteiger partial charge in [0, 0.05) is 19.4 Å². The summed E-state index contributed by atoms with van der Waals surface area (Å²) < 4.78 is 0.965. The SMILES string of the molecule is CCCCCCC(CCCCCCCCC(=O)NCCC[N+](C)(C)C)C(C)CC. The number of hydrogen-bond donors (Lipinski definition) is 1. The zero-order valence-electron chi connectivity index (χ0n) is 21.0. The first-order chi connectivity index (χ1) is 13.8. The Labute approximate surface area is 184 Å². The molecule has 0 heterocycles. The van der Waals surface area contributed by atoms with Crippen molar-refractivity contribution in [2.75, 3.05) is 34.2 Å². The maximum Gasteiger partial charge on any atom is 0.219 e. The number of amides is 1. The van der Waals surface area contributed by atoms with Gasteiger partial charge in [0.05, 0.1) is 27.7 Å². The van der Waals surface area contributed by atoms with Crippen LogP contribution in [0.4, 0.5) is 0 Å². The van der Waals surface area contributed by atoms with Crippen LogP contribution in [0, 0.1) is 11.8 Å². The Bertz CT molecular complexity index is 375. The van der Waals surface area contributed by atoms with Crippen LogP contribution in [0.3, 0.4) is 0 Å². The highest BCUT2D eigenvalue weighted by atomic mass is 16.1. The average molecular weight is 412 g/mol. The van der Waals surface area contributed by atoms with Gasteiger partial charge in [-0.15, -0.1) is 0 Å². The number of hydrogen-bond acceptors (Lipinski definition) is 1. The van der Waals surface area contributed by atoms with Crippen molar-refractivity contribution in [3.63, 3.8) is 0 Å². The van der Waals surface area contributed by atoms with Crippen LogP contribution in [0.2, 0.25) is 0 Å². The molecule has 0 aromatic carbocycles. The fourth-order valence-corrected chi connectivity index (χ4v) is 4.15. The van der Waals surface area contributed by atoms with Crippen LogP contribution in [0.15, 0.2) is 0 Å². The summed E-state index contributed by atoms with van der Waals surface area (Å²) in [5.74, 6) is 2.07. The summed E-state index contributed by atoms with van der Waals surface area (Å²) in [5.41, 5.74) is 0. The predicted molar refractivity (Wildman–Crippen MR) is 129 cm³/mol. The van der Waals surface area contributed by atoms with Gasteiger partial charge < -0.3 is 9.80 Å². The van der Waals surface area contributed by atoms with E-state index in [1.165, 1.54) is 77.0 Å². The monoisotopic (exact) mass is 411 g/mol. The van der Waals surface area contributed by atoms with Crippen molar-refractivity contribution in [2.45, 2.75) is 117 Å². The lowest BCUT2D eigenvalue weighted by atomic mass is 9.83. The van der Waals surface area contributed by atoms with Crippen molar-refractivity contribution in [1.29, 1.82) is 0 Å². The number of nitrogens with one attached hydrogen (secondary N) is 1. The molecule has 1 N–H and O–H groups in total. The average Bonchev–Trinajstić information content (AvgIpc) is 2.67. The Morgan fingerprint density at radius 1 is 0.793 bits per heavy atom. The van der Waals surface area contributed by atoms with E-state index in [0.717, 1.165) is 42.2 Å². The van der Waals surface area contributed by atoms with Gasteiger partial charge in [-0.2, -0.15) is 0 Å². The third-order valence-corrected chi connectivity index (χ3v) is 6.43. The second-order valence-corrected chi connectivity index (χ2v) is 10.4. The van der Waals surface area contributed by atoms with Crippen LogP contribution >= 0.6 is 0 Å². The first kappa shape index (κ1) is 28.4. The van der Waals surface area contributed by atoms with Gasteiger partial charge >= 0.3 is 0 Å². The second-order valence-electron chi connectivity index (χ2n) is 10.4. The molecule has 3 nitrogen and oxygen atoms in total. The van der Waals surface area contributed by atoms with Crippen molar-refractivity contribution < 1.29 is 9.28 Å². The second kappa shape index (κ2) is 18.2. The van der Waals surface area contributed by atoms with Crippen molar-refractivity contribution in [2.24, 2.45) is 11.8 Å². The summed E-state index contributed by atoms with van der Waals surface area (Å²) in [7, 11) is 6.58. The molecule has 0 radical (unpaired) electrons. The van der Waals surface area contributed by atoms with Crippen molar-refractivity contribution >= 4 is 5.91 Å². The molecule has 29 heavy (non-hydrogen) atoms. The number of rotatable bonds is 20. The number of nitrogens with zero attached hydrogens (tertiary/aromatic N) is 1. The lowest BCUT2D eigenvalue weighted by molar-refractivity contribution is -0.870. The van der Waals surface area contributed by atoms with Crippen molar-refractivity contribution in [3.8, 4) is 0 Å². The summed E-state index contributed by atoms with van der Waals surface area (Å²) in [6, 6.07) is 0. The van der Waals surface area contributed by atoms with E-state index >= 15 is 0 Å². The van der Waals surface area contributed by atoms with Crippen LogP contribution in [0.1, 0.15) is 117 Å². The standard InChI is InChI=1S/C26H54N2O/c1-7-9-10-15-19-25(24(3)8-2)20-16-13-11-12-14-17-21-26(29)27-22-18-23-28(4,5)6/h24-25H,7-23H2,1-6H3/p+1. The normalized spacial score (nSPS) is 14.0. The minimum Gasteiger partial charge on any atom is -0.356 e. The van der Waals surface area contributed by atoms with E-state index in [4.69, 9.17) is 0 Å². The third-order valence-electron chi connectivity index (χ3n) is 6.43. The molecule has 0 aromatic heterocycles.